The summed E-state index contributed by atoms with van der Waals surface area (Å²) in [5, 5.41) is 8.66. The number of anilines is 1. The molecule has 1 aliphatic heterocycles. The van der Waals surface area contributed by atoms with E-state index in [9.17, 15) is 18.4 Å². The third-order valence-electron chi connectivity index (χ3n) is 2.64. The molecule has 1 N–H and O–H groups in total. The molecule has 1 fully saturated rings. The Balaban J connectivity index is 2.56. The Hall–Kier alpha value is -1.63. The molecule has 1 aromatic rings. The quantitative estimate of drug-likeness (QED) is 0.806. The van der Waals surface area contributed by atoms with Crippen molar-refractivity contribution >= 4 is 30.2 Å². The topological polar surface area (TPSA) is 57.6 Å². The van der Waals surface area contributed by atoms with Gasteiger partial charge in [0, 0.05) is 24.3 Å². The summed E-state index contributed by atoms with van der Waals surface area (Å²) in [6.45, 7) is 0.130. The molecule has 4 nitrogen and oxygen atoms in total. The Labute approximate surface area is 107 Å². The molecule has 0 aliphatic carbocycles. The molecule has 1 unspecified atom stereocenters. The van der Waals surface area contributed by atoms with Gasteiger partial charge >= 0.3 is 5.97 Å². The molecule has 96 valence electrons. The van der Waals surface area contributed by atoms with Gasteiger partial charge in [-0.25, -0.2) is 13.6 Å². The van der Waals surface area contributed by atoms with Crippen LogP contribution in [0.3, 0.4) is 0 Å². The molecule has 1 amide bonds. The predicted octanol–water partition coefficient (Wildman–Crippen LogP) is 1.70. The maximum absolute atomic E-state index is 13.5. The van der Waals surface area contributed by atoms with Gasteiger partial charge in [0.15, 0.2) is 0 Å². The number of hydrogen-bond donors (Lipinski definition) is 2. The highest BCUT2D eigenvalue weighted by atomic mass is 32.1. The lowest BCUT2D eigenvalue weighted by Gasteiger charge is -2.18. The van der Waals surface area contributed by atoms with Crippen molar-refractivity contribution in [3.63, 3.8) is 0 Å². The Morgan fingerprint density at radius 3 is 2.61 bits per heavy atom. The largest absolute Gasteiger partial charge is 0.478 e. The van der Waals surface area contributed by atoms with E-state index in [1.165, 1.54) is 0 Å². The number of amides is 1. The van der Waals surface area contributed by atoms with E-state index in [-0.39, 0.29) is 23.9 Å². The zero-order chi connectivity index (χ0) is 13.4. The summed E-state index contributed by atoms with van der Waals surface area (Å²) in [6.07, 6.45) is 0.111. The summed E-state index contributed by atoms with van der Waals surface area (Å²) in [7, 11) is 0. The van der Waals surface area contributed by atoms with Gasteiger partial charge in [0.2, 0.25) is 5.91 Å². The highest BCUT2D eigenvalue weighted by Gasteiger charge is 2.32. The number of hydrogen-bond acceptors (Lipinski definition) is 3. The monoisotopic (exact) mass is 273 g/mol. The van der Waals surface area contributed by atoms with Gasteiger partial charge in [-0.1, -0.05) is 0 Å². The number of nitrogens with zero attached hydrogens (tertiary/aromatic N) is 1. The number of carbonyl (C=O) groups excluding carboxylic acids is 1. The van der Waals surface area contributed by atoms with Crippen molar-refractivity contribution in [2.75, 3.05) is 11.4 Å². The van der Waals surface area contributed by atoms with E-state index in [0.29, 0.717) is 6.07 Å². The van der Waals surface area contributed by atoms with Crippen molar-refractivity contribution in [3.8, 4) is 0 Å². The van der Waals surface area contributed by atoms with Crippen molar-refractivity contribution in [1.82, 2.24) is 0 Å². The molecule has 0 saturated carbocycles. The molecule has 1 saturated heterocycles. The van der Waals surface area contributed by atoms with Crippen LogP contribution in [0.5, 0.6) is 0 Å². The fourth-order valence-corrected chi connectivity index (χ4v) is 2.23. The van der Waals surface area contributed by atoms with Crippen LogP contribution in [0.2, 0.25) is 0 Å². The van der Waals surface area contributed by atoms with Crippen LogP contribution >= 0.6 is 12.6 Å². The van der Waals surface area contributed by atoms with Crippen LogP contribution in [-0.4, -0.2) is 28.8 Å². The normalized spacial score (nSPS) is 19.4. The molecule has 1 aliphatic rings. The van der Waals surface area contributed by atoms with E-state index in [1.54, 1.807) is 0 Å². The minimum Gasteiger partial charge on any atom is -0.478 e. The van der Waals surface area contributed by atoms with Gasteiger partial charge < -0.3 is 10.0 Å². The van der Waals surface area contributed by atoms with Crippen LogP contribution in [0.4, 0.5) is 14.5 Å². The third kappa shape index (κ3) is 2.17. The first kappa shape index (κ1) is 12.8. The third-order valence-corrected chi connectivity index (χ3v) is 2.99. The second-order valence-corrected chi connectivity index (χ2v) is 4.68. The summed E-state index contributed by atoms with van der Waals surface area (Å²) in [5.74, 6) is -4.07. The molecule has 1 atom stereocenters. The lowest BCUT2D eigenvalue weighted by molar-refractivity contribution is -0.117. The Kier molecular flexibility index (Phi) is 3.25. The minimum absolute atomic E-state index is 0.111. The van der Waals surface area contributed by atoms with Crippen molar-refractivity contribution < 1.29 is 23.5 Å². The Morgan fingerprint density at radius 2 is 2.11 bits per heavy atom. The number of carboxylic acids is 1. The molecule has 0 bridgehead atoms. The summed E-state index contributed by atoms with van der Waals surface area (Å²) >= 11 is 4.10. The Morgan fingerprint density at radius 1 is 1.44 bits per heavy atom. The van der Waals surface area contributed by atoms with Crippen molar-refractivity contribution in [2.24, 2.45) is 0 Å². The average Bonchev–Trinajstić information content (AvgIpc) is 2.55. The van der Waals surface area contributed by atoms with Gasteiger partial charge in [-0.2, -0.15) is 12.6 Å². The van der Waals surface area contributed by atoms with Gasteiger partial charge in [-0.15, -0.1) is 0 Å². The fraction of sp³-hybridized carbons (Fsp3) is 0.273. The van der Waals surface area contributed by atoms with Crippen LogP contribution in [0.25, 0.3) is 0 Å². The molecule has 18 heavy (non-hydrogen) atoms. The first-order valence-electron chi connectivity index (χ1n) is 5.11. The zero-order valence-corrected chi connectivity index (χ0v) is 9.95. The number of aromatic carboxylic acids is 1. The number of carboxylic acid groups (broad SMARTS) is 1. The summed E-state index contributed by atoms with van der Waals surface area (Å²) in [6, 6.07) is 1.32. The van der Waals surface area contributed by atoms with Crippen LogP contribution < -0.4 is 4.90 Å². The molecule has 0 spiro atoms. The SMILES string of the molecule is O=C(O)c1c(F)cc(F)cc1N1CC(S)CC1=O. The smallest absolute Gasteiger partial charge is 0.340 e. The van der Waals surface area contributed by atoms with Crippen LogP contribution in [0.15, 0.2) is 12.1 Å². The second-order valence-electron chi connectivity index (χ2n) is 3.95. The van der Waals surface area contributed by atoms with Gasteiger partial charge in [-0.3, -0.25) is 4.79 Å². The van der Waals surface area contributed by atoms with Gasteiger partial charge in [0.25, 0.3) is 0 Å². The van der Waals surface area contributed by atoms with Gasteiger partial charge in [0.05, 0.1) is 5.69 Å². The van der Waals surface area contributed by atoms with Crippen molar-refractivity contribution in [1.29, 1.82) is 0 Å². The number of carbonyl (C=O) groups is 2. The minimum atomic E-state index is -1.54. The van der Waals surface area contributed by atoms with E-state index < -0.39 is 29.1 Å². The van der Waals surface area contributed by atoms with Gasteiger partial charge in [-0.05, 0) is 6.07 Å². The molecule has 1 heterocycles. The standard InChI is InChI=1S/C11H9F2NO3S/c12-5-1-7(13)10(11(16)17)8(2-5)14-4-6(18)3-9(14)15/h1-2,6,18H,3-4H2,(H,16,17). The number of benzene rings is 1. The van der Waals surface area contributed by atoms with Gasteiger partial charge in [0.1, 0.15) is 17.2 Å². The number of halogens is 2. The molecule has 1 aromatic carbocycles. The van der Waals surface area contributed by atoms with E-state index >= 15 is 0 Å². The lowest BCUT2D eigenvalue weighted by atomic mass is 10.1. The highest BCUT2D eigenvalue weighted by Crippen LogP contribution is 2.30. The predicted molar refractivity (Wildman–Crippen MR) is 63.1 cm³/mol. The van der Waals surface area contributed by atoms with Crippen molar-refractivity contribution in [3.05, 3.63) is 29.3 Å². The summed E-state index contributed by atoms with van der Waals surface area (Å²) in [5.41, 5.74) is -0.964. The van der Waals surface area contributed by atoms with E-state index in [1.807, 2.05) is 0 Å². The van der Waals surface area contributed by atoms with Crippen LogP contribution in [0, 0.1) is 11.6 Å². The number of rotatable bonds is 2. The highest BCUT2D eigenvalue weighted by molar-refractivity contribution is 7.81. The van der Waals surface area contributed by atoms with E-state index in [0.717, 1.165) is 11.0 Å². The van der Waals surface area contributed by atoms with Crippen molar-refractivity contribution in [2.45, 2.75) is 11.7 Å². The molecule has 2 rings (SSSR count). The second kappa shape index (κ2) is 4.56. The van der Waals surface area contributed by atoms with E-state index in [4.69, 9.17) is 5.11 Å². The first-order chi connectivity index (χ1) is 8.40. The molecule has 7 heteroatoms. The first-order valence-corrected chi connectivity index (χ1v) is 5.62. The maximum Gasteiger partial charge on any atom is 0.340 e. The number of thiol groups is 1. The average molecular weight is 273 g/mol. The van der Waals surface area contributed by atoms with Crippen LogP contribution in [0.1, 0.15) is 16.8 Å². The Bertz CT molecular complexity index is 535. The fourth-order valence-electron chi connectivity index (χ4n) is 1.91. The zero-order valence-electron chi connectivity index (χ0n) is 9.06. The molecular weight excluding hydrogens is 264 g/mol. The van der Waals surface area contributed by atoms with E-state index in [2.05, 4.69) is 12.6 Å². The maximum atomic E-state index is 13.5. The molecule has 0 radical (unpaired) electrons. The molecular formula is C11H9F2NO3S. The summed E-state index contributed by atoms with van der Waals surface area (Å²) in [4.78, 5) is 23.6. The molecule has 0 aromatic heterocycles. The summed E-state index contributed by atoms with van der Waals surface area (Å²) < 4.78 is 26.6. The lowest BCUT2D eigenvalue weighted by Crippen LogP contribution is -2.27. The van der Waals surface area contributed by atoms with Crippen LogP contribution in [-0.2, 0) is 4.79 Å².